The maximum atomic E-state index is 14.1. The van der Waals surface area contributed by atoms with Crippen LogP contribution >= 0.6 is 11.8 Å². The molecule has 0 radical (unpaired) electrons. The van der Waals surface area contributed by atoms with Gasteiger partial charge >= 0.3 is 0 Å². The van der Waals surface area contributed by atoms with Gasteiger partial charge in [0.2, 0.25) is 5.91 Å². The van der Waals surface area contributed by atoms with Gasteiger partial charge in [-0.15, -0.1) is 10.2 Å². The van der Waals surface area contributed by atoms with Crippen LogP contribution in [0.4, 0.5) is 4.39 Å². The standard InChI is InChI=1S/C18H25FN4OS/c1-5-13(4)20-16(24)11-25-18-22-21-17(23(18)10-12(2)3)14-8-6-7-9-15(14)19/h6-9,12-13H,5,10-11H2,1-4H3,(H,20,24)/t13-/m0/s1. The maximum Gasteiger partial charge on any atom is 0.230 e. The Balaban J connectivity index is 2.21. The number of rotatable bonds is 8. The minimum absolute atomic E-state index is 0.0362. The van der Waals surface area contributed by atoms with Crippen LogP contribution in [0.2, 0.25) is 0 Å². The van der Waals surface area contributed by atoms with E-state index in [1.807, 2.05) is 18.4 Å². The third-order valence-electron chi connectivity index (χ3n) is 3.73. The van der Waals surface area contributed by atoms with Crippen LogP contribution in [-0.4, -0.2) is 32.5 Å². The minimum atomic E-state index is -0.328. The lowest BCUT2D eigenvalue weighted by molar-refractivity contribution is -0.119. The quantitative estimate of drug-likeness (QED) is 0.725. The van der Waals surface area contributed by atoms with Crippen molar-refractivity contribution in [3.63, 3.8) is 0 Å². The van der Waals surface area contributed by atoms with Gasteiger partial charge in [-0.3, -0.25) is 4.79 Å². The number of hydrogen-bond acceptors (Lipinski definition) is 4. The molecule has 0 aliphatic carbocycles. The summed E-state index contributed by atoms with van der Waals surface area (Å²) in [6, 6.07) is 6.68. The fourth-order valence-corrected chi connectivity index (χ4v) is 3.07. The van der Waals surface area contributed by atoms with Crippen LogP contribution in [0.25, 0.3) is 11.4 Å². The van der Waals surface area contributed by atoms with Crippen molar-refractivity contribution < 1.29 is 9.18 Å². The van der Waals surface area contributed by atoms with Crippen LogP contribution in [0, 0.1) is 11.7 Å². The summed E-state index contributed by atoms with van der Waals surface area (Å²) in [5.74, 6) is 0.737. The first-order chi connectivity index (χ1) is 11.9. The number of carbonyl (C=O) groups is 1. The zero-order chi connectivity index (χ0) is 18.4. The zero-order valence-electron chi connectivity index (χ0n) is 15.1. The number of nitrogens with one attached hydrogen (secondary N) is 1. The molecule has 0 saturated heterocycles. The second kappa shape index (κ2) is 8.99. The van der Waals surface area contributed by atoms with E-state index in [-0.39, 0.29) is 23.5 Å². The lowest BCUT2D eigenvalue weighted by Crippen LogP contribution is -2.33. The van der Waals surface area contributed by atoms with E-state index in [2.05, 4.69) is 29.4 Å². The molecular formula is C18H25FN4OS. The highest BCUT2D eigenvalue weighted by molar-refractivity contribution is 7.99. The summed E-state index contributed by atoms with van der Waals surface area (Å²) in [4.78, 5) is 12.0. The summed E-state index contributed by atoms with van der Waals surface area (Å²) in [7, 11) is 0. The lowest BCUT2D eigenvalue weighted by Gasteiger charge is -2.14. The third-order valence-corrected chi connectivity index (χ3v) is 4.70. The number of carbonyl (C=O) groups excluding carboxylic acids is 1. The Bertz CT molecular complexity index is 717. The fraction of sp³-hybridized carbons (Fsp3) is 0.500. The van der Waals surface area contributed by atoms with Crippen molar-refractivity contribution in [1.29, 1.82) is 0 Å². The van der Waals surface area contributed by atoms with Crippen LogP contribution < -0.4 is 5.32 Å². The Morgan fingerprint density at radius 2 is 2.00 bits per heavy atom. The normalized spacial score (nSPS) is 12.4. The first-order valence-corrected chi connectivity index (χ1v) is 9.51. The molecule has 0 aliphatic heterocycles. The number of benzene rings is 1. The van der Waals surface area contributed by atoms with Crippen LogP contribution in [0.3, 0.4) is 0 Å². The second-order valence-electron chi connectivity index (χ2n) is 6.46. The molecule has 7 heteroatoms. The van der Waals surface area contributed by atoms with Gasteiger partial charge in [0.1, 0.15) is 5.82 Å². The molecule has 1 atom stereocenters. The molecule has 0 aliphatic rings. The molecule has 2 aromatic rings. The molecule has 0 unspecified atom stereocenters. The van der Waals surface area contributed by atoms with Crippen molar-refractivity contribution in [2.45, 2.75) is 51.9 Å². The summed E-state index contributed by atoms with van der Waals surface area (Å²) in [6.45, 7) is 8.81. The van der Waals surface area contributed by atoms with Gasteiger partial charge in [0.15, 0.2) is 11.0 Å². The van der Waals surface area contributed by atoms with E-state index in [9.17, 15) is 9.18 Å². The summed E-state index contributed by atoms with van der Waals surface area (Å²) in [5.41, 5.74) is 0.423. The monoisotopic (exact) mass is 364 g/mol. The zero-order valence-corrected chi connectivity index (χ0v) is 15.9. The molecule has 1 heterocycles. The van der Waals surface area contributed by atoms with Crippen LogP contribution in [0.15, 0.2) is 29.4 Å². The van der Waals surface area contributed by atoms with E-state index >= 15 is 0 Å². The minimum Gasteiger partial charge on any atom is -0.353 e. The molecule has 2 rings (SSSR count). The largest absolute Gasteiger partial charge is 0.353 e. The topological polar surface area (TPSA) is 59.8 Å². The summed E-state index contributed by atoms with van der Waals surface area (Å²) < 4.78 is 16.0. The Kier molecular flexibility index (Phi) is 6.99. The van der Waals surface area contributed by atoms with E-state index < -0.39 is 0 Å². The predicted molar refractivity (Wildman–Crippen MR) is 98.9 cm³/mol. The van der Waals surface area contributed by atoms with Gasteiger partial charge in [-0.25, -0.2) is 4.39 Å². The van der Waals surface area contributed by atoms with Gasteiger partial charge in [0.05, 0.1) is 11.3 Å². The SMILES string of the molecule is CC[C@H](C)NC(=O)CSc1nnc(-c2ccccc2F)n1CC(C)C. The summed E-state index contributed by atoms with van der Waals surface area (Å²) in [6.07, 6.45) is 0.886. The average Bonchev–Trinajstić information content (AvgIpc) is 2.95. The highest BCUT2D eigenvalue weighted by atomic mass is 32.2. The molecule has 25 heavy (non-hydrogen) atoms. The van der Waals surface area contributed by atoms with Crippen LogP contribution in [0.5, 0.6) is 0 Å². The van der Waals surface area contributed by atoms with E-state index in [4.69, 9.17) is 0 Å². The van der Waals surface area contributed by atoms with Gasteiger partial charge in [-0.1, -0.05) is 44.7 Å². The summed E-state index contributed by atoms with van der Waals surface area (Å²) in [5, 5.41) is 11.9. The van der Waals surface area contributed by atoms with Crippen molar-refractivity contribution in [2.75, 3.05) is 5.75 Å². The van der Waals surface area contributed by atoms with Crippen molar-refractivity contribution in [1.82, 2.24) is 20.1 Å². The molecule has 1 N–H and O–H groups in total. The molecule has 136 valence electrons. The number of hydrogen-bond donors (Lipinski definition) is 1. The van der Waals surface area contributed by atoms with Crippen molar-refractivity contribution >= 4 is 17.7 Å². The van der Waals surface area contributed by atoms with Crippen molar-refractivity contribution in [3.8, 4) is 11.4 Å². The van der Waals surface area contributed by atoms with Gasteiger partial charge in [0, 0.05) is 12.6 Å². The van der Waals surface area contributed by atoms with E-state index in [1.54, 1.807) is 18.2 Å². The first-order valence-electron chi connectivity index (χ1n) is 8.52. The molecular weight excluding hydrogens is 339 g/mol. The molecule has 0 bridgehead atoms. The first kappa shape index (κ1) is 19.4. The average molecular weight is 364 g/mol. The Morgan fingerprint density at radius 3 is 2.64 bits per heavy atom. The van der Waals surface area contributed by atoms with Gasteiger partial charge in [0.25, 0.3) is 0 Å². The predicted octanol–water partition coefficient (Wildman–Crippen LogP) is 3.75. The van der Waals surface area contributed by atoms with Crippen molar-refractivity contribution in [2.24, 2.45) is 5.92 Å². The van der Waals surface area contributed by atoms with Gasteiger partial charge in [-0.05, 0) is 31.4 Å². The van der Waals surface area contributed by atoms with Gasteiger partial charge < -0.3 is 9.88 Å². The molecule has 0 saturated carbocycles. The molecule has 0 spiro atoms. The smallest absolute Gasteiger partial charge is 0.230 e. The molecule has 5 nitrogen and oxygen atoms in total. The molecule has 1 amide bonds. The fourth-order valence-electron chi connectivity index (χ4n) is 2.32. The van der Waals surface area contributed by atoms with E-state index in [1.165, 1.54) is 17.8 Å². The lowest BCUT2D eigenvalue weighted by atomic mass is 10.2. The highest BCUT2D eigenvalue weighted by Crippen LogP contribution is 2.26. The molecule has 1 aromatic heterocycles. The number of thioether (sulfide) groups is 1. The summed E-state index contributed by atoms with van der Waals surface area (Å²) >= 11 is 1.33. The highest BCUT2D eigenvalue weighted by Gasteiger charge is 2.19. The van der Waals surface area contributed by atoms with Crippen molar-refractivity contribution in [3.05, 3.63) is 30.1 Å². The van der Waals surface area contributed by atoms with E-state index in [0.717, 1.165) is 6.42 Å². The van der Waals surface area contributed by atoms with Crippen LogP contribution in [-0.2, 0) is 11.3 Å². The molecule has 0 fully saturated rings. The van der Waals surface area contributed by atoms with Gasteiger partial charge in [-0.2, -0.15) is 0 Å². The second-order valence-corrected chi connectivity index (χ2v) is 7.40. The number of halogens is 1. The van der Waals surface area contributed by atoms with Crippen LogP contribution in [0.1, 0.15) is 34.1 Å². The number of amides is 1. The number of aromatic nitrogens is 3. The van der Waals surface area contributed by atoms with E-state index in [0.29, 0.717) is 29.0 Å². The Hall–Kier alpha value is -1.89. The Morgan fingerprint density at radius 1 is 1.28 bits per heavy atom. The Labute approximate surface area is 152 Å². The molecule has 1 aromatic carbocycles. The number of nitrogens with zero attached hydrogens (tertiary/aromatic N) is 3. The maximum absolute atomic E-state index is 14.1. The third kappa shape index (κ3) is 5.29.